The zero-order chi connectivity index (χ0) is 21.4. The summed E-state index contributed by atoms with van der Waals surface area (Å²) >= 11 is 0. The summed E-state index contributed by atoms with van der Waals surface area (Å²) in [5, 5.41) is 6.15. The Kier molecular flexibility index (Phi) is 5.86. The number of carbonyl (C=O) groups excluding carboxylic acids is 1. The van der Waals surface area contributed by atoms with Crippen molar-refractivity contribution >= 4 is 22.1 Å². The number of hydrogen-bond acceptors (Lipinski definition) is 8. The lowest BCUT2D eigenvalue weighted by molar-refractivity contribution is 0.0683. The lowest BCUT2D eigenvalue weighted by Gasteiger charge is -2.30. The SMILES string of the molecule is CC1(NC(=O)OC2COC(c3cnc(NC4CCN(S(C)(=O)=O)CC4)nc3)C2)CC1. The molecule has 3 fully saturated rings. The Hall–Kier alpha value is -1.98. The number of rotatable bonds is 6. The maximum absolute atomic E-state index is 11.9. The number of carbonyl (C=O) groups is 1. The second kappa shape index (κ2) is 8.27. The van der Waals surface area contributed by atoms with Gasteiger partial charge in [-0.25, -0.2) is 27.5 Å². The zero-order valence-electron chi connectivity index (χ0n) is 17.3. The van der Waals surface area contributed by atoms with Crippen LogP contribution in [-0.4, -0.2) is 72.4 Å². The van der Waals surface area contributed by atoms with Crippen LogP contribution in [0.25, 0.3) is 0 Å². The number of anilines is 1. The minimum absolute atomic E-state index is 0.103. The molecule has 0 bridgehead atoms. The predicted molar refractivity (Wildman–Crippen MR) is 109 cm³/mol. The van der Waals surface area contributed by atoms with Gasteiger partial charge in [0.1, 0.15) is 6.10 Å². The fraction of sp³-hybridized carbons (Fsp3) is 0.737. The quantitative estimate of drug-likeness (QED) is 0.682. The number of amides is 1. The van der Waals surface area contributed by atoms with Crippen LogP contribution in [0.3, 0.4) is 0 Å². The second-order valence-electron chi connectivity index (χ2n) is 8.69. The molecule has 1 aromatic rings. The topological polar surface area (TPSA) is 123 Å². The monoisotopic (exact) mass is 439 g/mol. The van der Waals surface area contributed by atoms with Crippen molar-refractivity contribution in [2.75, 3.05) is 31.3 Å². The van der Waals surface area contributed by atoms with Gasteiger partial charge in [-0.2, -0.15) is 0 Å². The molecule has 4 rings (SSSR count). The molecule has 0 spiro atoms. The molecule has 1 saturated carbocycles. The Labute approximate surface area is 176 Å². The summed E-state index contributed by atoms with van der Waals surface area (Å²) in [6.07, 6.45) is 7.78. The molecule has 30 heavy (non-hydrogen) atoms. The van der Waals surface area contributed by atoms with Crippen molar-refractivity contribution in [1.29, 1.82) is 0 Å². The fourth-order valence-electron chi connectivity index (χ4n) is 3.75. The number of nitrogens with zero attached hydrogens (tertiary/aromatic N) is 3. The summed E-state index contributed by atoms with van der Waals surface area (Å²) in [6, 6.07) is 0.140. The van der Waals surface area contributed by atoms with Gasteiger partial charge in [0.25, 0.3) is 0 Å². The third kappa shape index (κ3) is 5.38. The zero-order valence-corrected chi connectivity index (χ0v) is 18.2. The third-order valence-corrected chi connectivity index (χ3v) is 7.24. The molecule has 2 unspecified atom stereocenters. The predicted octanol–water partition coefficient (Wildman–Crippen LogP) is 1.42. The number of hydrogen-bond donors (Lipinski definition) is 2. The van der Waals surface area contributed by atoms with Gasteiger partial charge in [-0.1, -0.05) is 0 Å². The van der Waals surface area contributed by atoms with Gasteiger partial charge in [-0.15, -0.1) is 0 Å². The molecule has 3 aliphatic rings. The Bertz CT molecular complexity index is 866. The molecule has 0 radical (unpaired) electrons. The molecular formula is C19H29N5O5S. The molecule has 1 amide bonds. The Morgan fingerprint density at radius 1 is 1.27 bits per heavy atom. The lowest BCUT2D eigenvalue weighted by atomic mass is 10.1. The third-order valence-electron chi connectivity index (χ3n) is 5.94. The molecule has 2 saturated heterocycles. The maximum atomic E-state index is 11.9. The van der Waals surface area contributed by atoms with Crippen LogP contribution in [0, 0.1) is 0 Å². The molecule has 2 N–H and O–H groups in total. The number of nitrogens with one attached hydrogen (secondary N) is 2. The van der Waals surface area contributed by atoms with Crippen LogP contribution in [0.15, 0.2) is 12.4 Å². The number of piperidine rings is 1. The molecule has 10 nitrogen and oxygen atoms in total. The van der Waals surface area contributed by atoms with Gasteiger partial charge in [-0.05, 0) is 32.6 Å². The van der Waals surface area contributed by atoms with Crippen molar-refractivity contribution in [1.82, 2.24) is 19.6 Å². The van der Waals surface area contributed by atoms with Crippen LogP contribution in [0.2, 0.25) is 0 Å². The number of aromatic nitrogens is 2. The van der Waals surface area contributed by atoms with E-state index in [1.165, 1.54) is 10.6 Å². The standard InChI is InChI=1S/C19H29N5O5S/c1-19(5-6-19)23-18(25)29-15-9-16(28-12-15)13-10-20-17(21-11-13)22-14-3-7-24(8-4-14)30(2,26)27/h10-11,14-16H,3-9,12H2,1-2H3,(H,23,25)(H,20,21,22). The molecule has 166 valence electrons. The molecule has 2 aliphatic heterocycles. The van der Waals surface area contributed by atoms with Crippen molar-refractivity contribution in [2.45, 2.75) is 62.8 Å². The summed E-state index contributed by atoms with van der Waals surface area (Å²) in [5.41, 5.74) is 0.738. The van der Waals surface area contributed by atoms with Gasteiger partial charge < -0.3 is 20.1 Å². The average Bonchev–Trinajstić information content (AvgIpc) is 3.22. The van der Waals surface area contributed by atoms with E-state index >= 15 is 0 Å². The van der Waals surface area contributed by atoms with Gasteiger partial charge in [0.2, 0.25) is 16.0 Å². The van der Waals surface area contributed by atoms with E-state index in [9.17, 15) is 13.2 Å². The largest absolute Gasteiger partial charge is 0.444 e. The number of ether oxygens (including phenoxy) is 2. The molecule has 1 aliphatic carbocycles. The van der Waals surface area contributed by atoms with E-state index in [1.54, 1.807) is 12.4 Å². The van der Waals surface area contributed by atoms with Crippen molar-refractivity contribution in [3.63, 3.8) is 0 Å². The highest BCUT2D eigenvalue weighted by atomic mass is 32.2. The molecule has 0 aromatic carbocycles. The summed E-state index contributed by atoms with van der Waals surface area (Å²) in [6.45, 7) is 3.36. The van der Waals surface area contributed by atoms with Gasteiger partial charge >= 0.3 is 6.09 Å². The van der Waals surface area contributed by atoms with Gasteiger partial charge in [0.05, 0.1) is 19.0 Å². The van der Waals surface area contributed by atoms with Crippen LogP contribution in [-0.2, 0) is 19.5 Å². The highest BCUT2D eigenvalue weighted by Gasteiger charge is 2.40. The number of alkyl carbamates (subject to hydrolysis) is 1. The molecule has 3 heterocycles. The fourth-order valence-corrected chi connectivity index (χ4v) is 4.62. The molecule has 2 atom stereocenters. The summed E-state index contributed by atoms with van der Waals surface area (Å²) in [5.74, 6) is 0.513. The van der Waals surface area contributed by atoms with Crippen LogP contribution in [0.1, 0.15) is 50.7 Å². The summed E-state index contributed by atoms with van der Waals surface area (Å²) in [4.78, 5) is 20.7. The van der Waals surface area contributed by atoms with Crippen LogP contribution >= 0.6 is 0 Å². The lowest BCUT2D eigenvalue weighted by Crippen LogP contribution is -2.42. The Morgan fingerprint density at radius 3 is 2.53 bits per heavy atom. The molecule has 11 heteroatoms. The van der Waals surface area contributed by atoms with Gasteiger partial charge in [0, 0.05) is 49.0 Å². The highest BCUT2D eigenvalue weighted by Crippen LogP contribution is 2.35. The summed E-state index contributed by atoms with van der Waals surface area (Å²) < 4.78 is 35.9. The maximum Gasteiger partial charge on any atom is 0.407 e. The van der Waals surface area contributed by atoms with E-state index in [1.807, 2.05) is 6.92 Å². The first-order valence-corrected chi connectivity index (χ1v) is 12.2. The Balaban J connectivity index is 1.23. The van der Waals surface area contributed by atoms with Crippen molar-refractivity contribution in [2.24, 2.45) is 0 Å². The van der Waals surface area contributed by atoms with Crippen LogP contribution in [0.4, 0.5) is 10.7 Å². The van der Waals surface area contributed by atoms with Crippen molar-refractivity contribution in [3.05, 3.63) is 18.0 Å². The van der Waals surface area contributed by atoms with Crippen LogP contribution in [0.5, 0.6) is 0 Å². The molecular weight excluding hydrogens is 410 g/mol. The minimum Gasteiger partial charge on any atom is -0.444 e. The Morgan fingerprint density at radius 2 is 1.93 bits per heavy atom. The smallest absolute Gasteiger partial charge is 0.407 e. The van der Waals surface area contributed by atoms with E-state index in [4.69, 9.17) is 9.47 Å². The van der Waals surface area contributed by atoms with Gasteiger partial charge in [-0.3, -0.25) is 0 Å². The second-order valence-corrected chi connectivity index (χ2v) is 10.7. The average molecular weight is 440 g/mol. The van der Waals surface area contributed by atoms with Gasteiger partial charge in [0.15, 0.2) is 0 Å². The van der Waals surface area contributed by atoms with Crippen molar-refractivity contribution < 1.29 is 22.7 Å². The van der Waals surface area contributed by atoms with E-state index in [-0.39, 0.29) is 29.9 Å². The van der Waals surface area contributed by atoms with E-state index in [0.717, 1.165) is 18.4 Å². The van der Waals surface area contributed by atoms with E-state index < -0.39 is 10.0 Å². The first-order valence-electron chi connectivity index (χ1n) is 10.3. The summed E-state index contributed by atoms with van der Waals surface area (Å²) in [7, 11) is -3.13. The first kappa shape index (κ1) is 21.3. The minimum atomic E-state index is -3.13. The number of sulfonamides is 1. The normalized spacial score (nSPS) is 26.9. The first-order chi connectivity index (χ1) is 14.2. The van der Waals surface area contributed by atoms with Crippen LogP contribution < -0.4 is 10.6 Å². The van der Waals surface area contributed by atoms with E-state index in [2.05, 4.69) is 20.6 Å². The van der Waals surface area contributed by atoms with E-state index in [0.29, 0.717) is 44.9 Å². The highest BCUT2D eigenvalue weighted by molar-refractivity contribution is 7.88. The molecule has 1 aromatic heterocycles. The van der Waals surface area contributed by atoms with Crippen molar-refractivity contribution in [3.8, 4) is 0 Å².